The summed E-state index contributed by atoms with van der Waals surface area (Å²) in [5, 5.41) is 13.1. The molecule has 0 spiro atoms. The smallest absolute Gasteiger partial charge is 0.272 e. The van der Waals surface area contributed by atoms with Gasteiger partial charge in [-0.25, -0.2) is 0 Å². The maximum atomic E-state index is 12.4. The lowest BCUT2D eigenvalue weighted by Crippen LogP contribution is -2.50. The lowest BCUT2D eigenvalue weighted by Gasteiger charge is -2.39. The Balaban J connectivity index is 2.00. The van der Waals surface area contributed by atoms with E-state index in [1.54, 1.807) is 36.3 Å². The number of carbonyl (C=O) groups excluding carboxylic acids is 2. The molecular weight excluding hydrogens is 270 g/mol. The molecule has 1 fully saturated rings. The molecule has 1 aliphatic heterocycles. The minimum atomic E-state index is -0.991. The molecule has 0 aromatic carbocycles. The van der Waals surface area contributed by atoms with Gasteiger partial charge in [-0.05, 0) is 31.4 Å². The maximum absolute atomic E-state index is 12.4. The van der Waals surface area contributed by atoms with Crippen LogP contribution in [0.4, 0.5) is 0 Å². The van der Waals surface area contributed by atoms with Gasteiger partial charge in [-0.2, -0.15) is 0 Å². The van der Waals surface area contributed by atoms with Crippen molar-refractivity contribution < 1.29 is 14.7 Å². The molecule has 0 radical (unpaired) electrons. The van der Waals surface area contributed by atoms with Gasteiger partial charge in [0.15, 0.2) is 0 Å². The van der Waals surface area contributed by atoms with E-state index in [2.05, 4.69) is 10.3 Å². The Morgan fingerprint density at radius 1 is 1.48 bits per heavy atom. The highest BCUT2D eigenvalue weighted by molar-refractivity contribution is 5.92. The van der Waals surface area contributed by atoms with E-state index in [9.17, 15) is 14.7 Å². The third kappa shape index (κ3) is 4.01. The highest BCUT2D eigenvalue weighted by Crippen LogP contribution is 2.26. The summed E-state index contributed by atoms with van der Waals surface area (Å²) in [4.78, 5) is 29.3. The van der Waals surface area contributed by atoms with Crippen LogP contribution < -0.4 is 5.32 Å². The number of piperidine rings is 1. The molecule has 6 heteroatoms. The Morgan fingerprint density at radius 2 is 2.29 bits per heavy atom. The summed E-state index contributed by atoms with van der Waals surface area (Å²) in [5.41, 5.74) is -0.608. The molecular formula is C15H21N3O3. The first kappa shape index (κ1) is 15.4. The second-order valence-electron chi connectivity index (χ2n) is 5.44. The summed E-state index contributed by atoms with van der Waals surface area (Å²) in [7, 11) is 1.57. The fourth-order valence-electron chi connectivity index (χ4n) is 2.61. The van der Waals surface area contributed by atoms with E-state index >= 15 is 0 Å². The van der Waals surface area contributed by atoms with Crippen LogP contribution in [0.3, 0.4) is 0 Å². The third-order valence-corrected chi connectivity index (χ3v) is 3.82. The Hall–Kier alpha value is -1.95. The van der Waals surface area contributed by atoms with Crippen LogP contribution >= 0.6 is 0 Å². The van der Waals surface area contributed by atoms with Crippen LogP contribution in [0.5, 0.6) is 0 Å². The molecule has 1 saturated heterocycles. The zero-order valence-electron chi connectivity index (χ0n) is 12.2. The van der Waals surface area contributed by atoms with Crippen LogP contribution in [-0.4, -0.2) is 52.5 Å². The highest BCUT2D eigenvalue weighted by atomic mass is 16.3. The first-order valence-electron chi connectivity index (χ1n) is 7.17. The van der Waals surface area contributed by atoms with Crippen LogP contribution in [0.2, 0.25) is 0 Å². The Morgan fingerprint density at radius 3 is 2.95 bits per heavy atom. The van der Waals surface area contributed by atoms with Crippen LogP contribution in [0, 0.1) is 0 Å². The van der Waals surface area contributed by atoms with E-state index in [1.165, 1.54) is 0 Å². The minimum absolute atomic E-state index is 0.100. The van der Waals surface area contributed by atoms with Crippen LogP contribution in [0.1, 0.15) is 36.2 Å². The summed E-state index contributed by atoms with van der Waals surface area (Å²) >= 11 is 0. The lowest BCUT2D eigenvalue weighted by molar-refractivity contribution is -0.122. The van der Waals surface area contributed by atoms with Gasteiger partial charge in [0.1, 0.15) is 5.69 Å². The second kappa shape index (κ2) is 6.67. The largest absolute Gasteiger partial charge is 0.388 e. The second-order valence-corrected chi connectivity index (χ2v) is 5.44. The molecule has 1 atom stereocenters. The molecule has 0 bridgehead atoms. The van der Waals surface area contributed by atoms with Crippen molar-refractivity contribution in [1.29, 1.82) is 0 Å². The van der Waals surface area contributed by atoms with Gasteiger partial charge in [0, 0.05) is 32.8 Å². The third-order valence-electron chi connectivity index (χ3n) is 3.82. The minimum Gasteiger partial charge on any atom is -0.388 e. The predicted octanol–water partition coefficient (Wildman–Crippen LogP) is 0.575. The van der Waals surface area contributed by atoms with Crippen molar-refractivity contribution in [3.05, 3.63) is 30.1 Å². The lowest BCUT2D eigenvalue weighted by atomic mass is 9.88. The molecule has 0 unspecified atom stereocenters. The first-order valence-corrected chi connectivity index (χ1v) is 7.17. The molecule has 0 aliphatic carbocycles. The van der Waals surface area contributed by atoms with Crippen molar-refractivity contribution in [3.8, 4) is 0 Å². The summed E-state index contributed by atoms with van der Waals surface area (Å²) in [5.74, 6) is -0.273. The topological polar surface area (TPSA) is 82.5 Å². The number of hydrogen-bond acceptors (Lipinski definition) is 4. The number of carbonyl (C=O) groups is 2. The molecule has 114 valence electrons. The number of nitrogens with one attached hydrogen (secondary N) is 1. The van der Waals surface area contributed by atoms with Crippen molar-refractivity contribution in [2.24, 2.45) is 0 Å². The van der Waals surface area contributed by atoms with E-state index in [4.69, 9.17) is 0 Å². The van der Waals surface area contributed by atoms with Gasteiger partial charge in [-0.15, -0.1) is 0 Å². The summed E-state index contributed by atoms with van der Waals surface area (Å²) in [6.07, 6.45) is 3.53. The molecule has 1 aromatic rings. The number of aromatic nitrogens is 1. The van der Waals surface area contributed by atoms with Crippen molar-refractivity contribution in [3.63, 3.8) is 0 Å². The SMILES string of the molecule is CNC(=O)CC[C@@]1(O)CCCN(C(=O)c2ccccn2)C1. The fraction of sp³-hybridized carbons (Fsp3) is 0.533. The maximum Gasteiger partial charge on any atom is 0.272 e. The number of aliphatic hydroxyl groups is 1. The number of rotatable bonds is 4. The summed E-state index contributed by atoms with van der Waals surface area (Å²) in [6, 6.07) is 5.19. The van der Waals surface area contributed by atoms with Gasteiger partial charge in [0.2, 0.25) is 5.91 Å². The van der Waals surface area contributed by atoms with Gasteiger partial charge in [0.25, 0.3) is 5.91 Å². The number of nitrogens with zero attached hydrogens (tertiary/aromatic N) is 2. The van der Waals surface area contributed by atoms with E-state index in [1.807, 2.05) is 0 Å². The quantitative estimate of drug-likeness (QED) is 0.850. The van der Waals surface area contributed by atoms with Gasteiger partial charge < -0.3 is 15.3 Å². The Bertz CT molecular complexity index is 506. The van der Waals surface area contributed by atoms with Crippen LogP contribution in [0.25, 0.3) is 0 Å². The number of amides is 2. The zero-order valence-corrected chi connectivity index (χ0v) is 12.2. The van der Waals surface area contributed by atoms with E-state index in [-0.39, 0.29) is 24.8 Å². The van der Waals surface area contributed by atoms with Gasteiger partial charge in [-0.3, -0.25) is 14.6 Å². The van der Waals surface area contributed by atoms with Crippen molar-refractivity contribution in [2.75, 3.05) is 20.1 Å². The Labute approximate surface area is 124 Å². The van der Waals surface area contributed by atoms with Crippen LogP contribution in [0.15, 0.2) is 24.4 Å². The molecule has 2 N–H and O–H groups in total. The molecule has 0 saturated carbocycles. The van der Waals surface area contributed by atoms with E-state index in [0.717, 1.165) is 6.42 Å². The van der Waals surface area contributed by atoms with Gasteiger partial charge >= 0.3 is 0 Å². The number of likely N-dealkylation sites (tertiary alicyclic amines) is 1. The number of β-amino-alcohol motifs (C(OH)–C–C–N with tert-alkyl or cyclic N) is 1. The molecule has 21 heavy (non-hydrogen) atoms. The molecule has 2 heterocycles. The normalized spacial score (nSPS) is 21.9. The Kier molecular flexibility index (Phi) is 4.90. The van der Waals surface area contributed by atoms with Crippen molar-refractivity contribution in [2.45, 2.75) is 31.3 Å². The van der Waals surface area contributed by atoms with Crippen molar-refractivity contribution in [1.82, 2.24) is 15.2 Å². The van der Waals surface area contributed by atoms with E-state index < -0.39 is 5.60 Å². The zero-order chi connectivity index (χ0) is 15.3. The fourth-order valence-corrected chi connectivity index (χ4v) is 2.61. The van der Waals surface area contributed by atoms with Gasteiger partial charge in [0.05, 0.1) is 5.60 Å². The number of hydrogen-bond donors (Lipinski definition) is 2. The van der Waals surface area contributed by atoms with Gasteiger partial charge in [-0.1, -0.05) is 6.07 Å². The monoisotopic (exact) mass is 291 g/mol. The van der Waals surface area contributed by atoms with Crippen molar-refractivity contribution >= 4 is 11.8 Å². The standard InChI is InChI=1S/C15H21N3O3/c1-16-13(19)6-8-15(21)7-4-10-18(11-15)14(20)12-5-2-3-9-17-12/h2-3,5,9,21H,4,6-8,10-11H2,1H3,(H,16,19)/t15-/m0/s1. The predicted molar refractivity (Wildman–Crippen MR) is 77.6 cm³/mol. The molecule has 2 rings (SSSR count). The number of pyridine rings is 1. The first-order chi connectivity index (χ1) is 10.0. The summed E-state index contributed by atoms with van der Waals surface area (Å²) < 4.78 is 0. The molecule has 2 amide bonds. The highest BCUT2D eigenvalue weighted by Gasteiger charge is 2.35. The molecule has 1 aromatic heterocycles. The average molecular weight is 291 g/mol. The van der Waals surface area contributed by atoms with Crippen LogP contribution in [-0.2, 0) is 4.79 Å². The average Bonchev–Trinajstić information content (AvgIpc) is 2.53. The molecule has 1 aliphatic rings. The van der Waals surface area contributed by atoms with E-state index in [0.29, 0.717) is 25.1 Å². The molecule has 6 nitrogen and oxygen atoms in total. The summed E-state index contributed by atoms with van der Waals surface area (Å²) in [6.45, 7) is 0.858.